The van der Waals surface area contributed by atoms with Gasteiger partial charge in [0.1, 0.15) is 17.8 Å². The van der Waals surface area contributed by atoms with Crippen molar-refractivity contribution in [3.8, 4) is 5.75 Å². The van der Waals surface area contributed by atoms with Crippen LogP contribution in [0.4, 0.5) is 5.69 Å². The van der Waals surface area contributed by atoms with Crippen LogP contribution in [0.2, 0.25) is 0 Å². The third-order valence-corrected chi connectivity index (χ3v) is 5.19. The van der Waals surface area contributed by atoms with Crippen LogP contribution in [0, 0.1) is 6.92 Å². The summed E-state index contributed by atoms with van der Waals surface area (Å²) in [5, 5.41) is 3.67. The molecule has 0 saturated carbocycles. The molecular weight excluding hydrogens is 378 g/mol. The summed E-state index contributed by atoms with van der Waals surface area (Å²) in [6, 6.07) is 19.1. The van der Waals surface area contributed by atoms with E-state index in [1.807, 2.05) is 47.2 Å². The summed E-state index contributed by atoms with van der Waals surface area (Å²) in [6.07, 6.45) is 3.57. The van der Waals surface area contributed by atoms with Crippen molar-refractivity contribution < 1.29 is 9.53 Å². The largest absolute Gasteiger partial charge is 0.495 e. The molecule has 1 amide bonds. The number of anilines is 1. The van der Waals surface area contributed by atoms with Gasteiger partial charge in [-0.05, 0) is 42.3 Å². The second kappa shape index (κ2) is 8.29. The number of nitrogens with one attached hydrogen (secondary N) is 1. The fraction of sp³-hybridized carbons (Fsp3) is 0.167. The maximum Gasteiger partial charge on any atom is 0.275 e. The molecule has 1 N–H and O–H groups in total. The number of fused-ring (bicyclic) bond motifs is 1. The number of nitrogens with zero attached hydrogens (tertiary/aromatic N) is 2. The number of hydrogen-bond acceptors (Lipinski definition) is 3. The summed E-state index contributed by atoms with van der Waals surface area (Å²) >= 11 is 0. The van der Waals surface area contributed by atoms with Gasteiger partial charge in [-0.2, -0.15) is 0 Å². The summed E-state index contributed by atoms with van der Waals surface area (Å²) in [6.45, 7) is 2.58. The van der Waals surface area contributed by atoms with Gasteiger partial charge in [-0.1, -0.05) is 36.4 Å². The van der Waals surface area contributed by atoms with Crippen LogP contribution in [0.5, 0.6) is 5.75 Å². The minimum Gasteiger partial charge on any atom is -0.495 e. The second-order valence-corrected chi connectivity index (χ2v) is 7.17. The van der Waals surface area contributed by atoms with Gasteiger partial charge < -0.3 is 19.2 Å². The van der Waals surface area contributed by atoms with E-state index in [1.54, 1.807) is 25.4 Å². The molecule has 0 aliphatic carbocycles. The zero-order chi connectivity index (χ0) is 21.1. The molecule has 2 heterocycles. The van der Waals surface area contributed by atoms with Gasteiger partial charge in [0.15, 0.2) is 0 Å². The third kappa shape index (κ3) is 3.85. The summed E-state index contributed by atoms with van der Waals surface area (Å²) in [4.78, 5) is 25.7. The number of aryl methyl sites for hydroxylation is 1. The van der Waals surface area contributed by atoms with E-state index < -0.39 is 0 Å². The van der Waals surface area contributed by atoms with Crippen molar-refractivity contribution in [1.29, 1.82) is 0 Å². The standard InChI is InChI=1S/C24H23N3O3/c1-17-7-3-4-8-19(17)15-26-13-11-18-12-14-27(24(29)23(18)26)16-22(28)25-20-9-5-6-10-21(20)30-2/h3-14H,15-16H2,1-2H3,(H,25,28). The lowest BCUT2D eigenvalue weighted by molar-refractivity contribution is -0.116. The number of benzene rings is 2. The van der Waals surface area contributed by atoms with Gasteiger partial charge in [0, 0.05) is 24.3 Å². The predicted molar refractivity (Wildman–Crippen MR) is 118 cm³/mol. The zero-order valence-electron chi connectivity index (χ0n) is 17.0. The van der Waals surface area contributed by atoms with Crippen molar-refractivity contribution in [1.82, 2.24) is 9.13 Å². The molecule has 0 aliphatic rings. The Labute approximate surface area is 174 Å². The SMILES string of the molecule is COc1ccccc1NC(=O)Cn1ccc2ccn(Cc3ccccc3C)c2c1=O. The molecule has 0 atom stereocenters. The zero-order valence-corrected chi connectivity index (χ0v) is 17.0. The third-order valence-electron chi connectivity index (χ3n) is 5.19. The number of aromatic nitrogens is 2. The summed E-state index contributed by atoms with van der Waals surface area (Å²) in [5.41, 5.74) is 3.29. The number of pyridine rings is 1. The van der Waals surface area contributed by atoms with E-state index in [4.69, 9.17) is 4.74 Å². The lowest BCUT2D eigenvalue weighted by atomic mass is 10.1. The fourth-order valence-electron chi connectivity index (χ4n) is 3.56. The first-order valence-electron chi connectivity index (χ1n) is 9.72. The van der Waals surface area contributed by atoms with Crippen molar-refractivity contribution in [2.24, 2.45) is 0 Å². The molecule has 0 saturated heterocycles. The molecule has 2 aromatic carbocycles. The number of para-hydroxylation sites is 2. The van der Waals surface area contributed by atoms with E-state index in [1.165, 1.54) is 10.1 Å². The molecular formula is C24H23N3O3. The smallest absolute Gasteiger partial charge is 0.275 e. The summed E-state index contributed by atoms with van der Waals surface area (Å²) < 4.78 is 8.63. The van der Waals surface area contributed by atoms with Crippen LogP contribution in [0.3, 0.4) is 0 Å². The van der Waals surface area contributed by atoms with Crippen molar-refractivity contribution in [3.63, 3.8) is 0 Å². The first kappa shape index (κ1) is 19.5. The summed E-state index contributed by atoms with van der Waals surface area (Å²) in [5.74, 6) is 0.277. The average Bonchev–Trinajstić information content (AvgIpc) is 3.15. The minimum absolute atomic E-state index is 0.0810. The van der Waals surface area contributed by atoms with Crippen LogP contribution in [-0.2, 0) is 17.9 Å². The quantitative estimate of drug-likeness (QED) is 0.534. The molecule has 30 heavy (non-hydrogen) atoms. The van der Waals surface area contributed by atoms with E-state index in [-0.39, 0.29) is 18.0 Å². The Morgan fingerprint density at radius 1 is 0.967 bits per heavy atom. The maximum absolute atomic E-state index is 13.1. The Hall–Kier alpha value is -3.80. The van der Waals surface area contributed by atoms with Crippen LogP contribution in [0.25, 0.3) is 10.9 Å². The highest BCUT2D eigenvalue weighted by Gasteiger charge is 2.13. The molecule has 0 unspecified atom stereocenters. The minimum atomic E-state index is -0.294. The maximum atomic E-state index is 13.1. The van der Waals surface area contributed by atoms with Gasteiger partial charge in [0.2, 0.25) is 5.91 Å². The molecule has 4 rings (SSSR count). The molecule has 0 bridgehead atoms. The highest BCUT2D eigenvalue weighted by molar-refractivity contribution is 5.92. The van der Waals surface area contributed by atoms with E-state index in [2.05, 4.69) is 24.4 Å². The predicted octanol–water partition coefficient (Wildman–Crippen LogP) is 3.81. The van der Waals surface area contributed by atoms with E-state index in [0.717, 1.165) is 10.9 Å². The number of methoxy groups -OCH3 is 1. The molecule has 0 radical (unpaired) electrons. The molecule has 6 heteroatoms. The van der Waals surface area contributed by atoms with Crippen LogP contribution < -0.4 is 15.6 Å². The van der Waals surface area contributed by atoms with Crippen LogP contribution in [0.1, 0.15) is 11.1 Å². The van der Waals surface area contributed by atoms with Crippen molar-refractivity contribution in [2.75, 3.05) is 12.4 Å². The van der Waals surface area contributed by atoms with Crippen LogP contribution in [-0.4, -0.2) is 22.2 Å². The van der Waals surface area contributed by atoms with Gasteiger partial charge >= 0.3 is 0 Å². The van der Waals surface area contributed by atoms with Gasteiger partial charge in [0.05, 0.1) is 12.8 Å². The molecule has 0 spiro atoms. The lowest BCUT2D eigenvalue weighted by Gasteiger charge is -2.12. The Balaban J connectivity index is 1.61. The Bertz CT molecular complexity index is 1270. The van der Waals surface area contributed by atoms with Gasteiger partial charge in [-0.3, -0.25) is 9.59 Å². The monoisotopic (exact) mass is 401 g/mol. The molecule has 2 aromatic heterocycles. The number of carbonyl (C=O) groups is 1. The van der Waals surface area contributed by atoms with E-state index >= 15 is 0 Å². The van der Waals surface area contributed by atoms with E-state index in [9.17, 15) is 9.59 Å². The van der Waals surface area contributed by atoms with Gasteiger partial charge in [-0.15, -0.1) is 0 Å². The topological polar surface area (TPSA) is 65.3 Å². The molecule has 0 aliphatic heterocycles. The van der Waals surface area contributed by atoms with Crippen molar-refractivity contribution in [3.05, 3.63) is 94.5 Å². The van der Waals surface area contributed by atoms with Crippen LogP contribution in [0.15, 0.2) is 77.9 Å². The average molecular weight is 401 g/mol. The number of ether oxygens (including phenoxy) is 1. The van der Waals surface area contributed by atoms with Gasteiger partial charge in [0.25, 0.3) is 5.56 Å². The molecule has 152 valence electrons. The molecule has 4 aromatic rings. The van der Waals surface area contributed by atoms with Gasteiger partial charge in [-0.25, -0.2) is 0 Å². The number of rotatable bonds is 6. The highest BCUT2D eigenvalue weighted by Crippen LogP contribution is 2.23. The Kier molecular flexibility index (Phi) is 5.39. The van der Waals surface area contributed by atoms with Crippen LogP contribution >= 0.6 is 0 Å². The van der Waals surface area contributed by atoms with Crippen molar-refractivity contribution in [2.45, 2.75) is 20.0 Å². The lowest BCUT2D eigenvalue weighted by Crippen LogP contribution is -2.28. The second-order valence-electron chi connectivity index (χ2n) is 7.17. The molecule has 0 fully saturated rings. The molecule has 6 nitrogen and oxygen atoms in total. The van der Waals surface area contributed by atoms with E-state index in [0.29, 0.717) is 23.5 Å². The number of amides is 1. The summed E-state index contributed by atoms with van der Waals surface area (Å²) in [7, 11) is 1.55. The first-order valence-corrected chi connectivity index (χ1v) is 9.72. The fourth-order valence-corrected chi connectivity index (χ4v) is 3.56. The first-order chi connectivity index (χ1) is 14.6. The Morgan fingerprint density at radius 3 is 2.43 bits per heavy atom. The van der Waals surface area contributed by atoms with Crippen molar-refractivity contribution >= 4 is 22.5 Å². The highest BCUT2D eigenvalue weighted by atomic mass is 16.5. The Morgan fingerprint density at radius 2 is 1.67 bits per heavy atom. The number of carbonyl (C=O) groups excluding carboxylic acids is 1. The normalized spacial score (nSPS) is 10.9. The number of hydrogen-bond donors (Lipinski definition) is 1.